The van der Waals surface area contributed by atoms with Gasteiger partial charge in [0.05, 0.1) is 36.6 Å². The van der Waals surface area contributed by atoms with Gasteiger partial charge in [0.25, 0.3) is 0 Å². The number of hydrogen-bond donors (Lipinski definition) is 5. The Bertz CT molecular complexity index is 852. The van der Waals surface area contributed by atoms with Gasteiger partial charge >= 0.3 is 0 Å². The van der Waals surface area contributed by atoms with E-state index in [4.69, 9.17) is 31.8 Å². The van der Waals surface area contributed by atoms with Crippen LogP contribution in [0.15, 0.2) is 16.4 Å². The van der Waals surface area contributed by atoms with Gasteiger partial charge in [0.1, 0.15) is 12.5 Å². The van der Waals surface area contributed by atoms with Gasteiger partial charge in [-0.2, -0.15) is 0 Å². The normalized spacial score (nSPS) is 30.8. The smallest absolute Gasteiger partial charge is 0.160 e. The zero-order chi connectivity index (χ0) is 31.2. The highest BCUT2D eigenvalue weighted by molar-refractivity contribution is 6.20. The molecular formula is C32H60ClFN6O3. The first kappa shape index (κ1) is 36.5. The Kier molecular flexibility index (Phi) is 16.5. The molecule has 0 aromatic rings. The van der Waals surface area contributed by atoms with Crippen molar-refractivity contribution in [1.82, 2.24) is 20.9 Å². The molecule has 2 bridgehead atoms. The lowest BCUT2D eigenvalue weighted by Gasteiger charge is -2.38. The van der Waals surface area contributed by atoms with Crippen LogP contribution in [-0.2, 0) is 9.47 Å². The monoisotopic (exact) mass is 630 g/mol. The molecule has 1 aliphatic carbocycles. The summed E-state index contributed by atoms with van der Waals surface area (Å²) < 4.78 is 26.4. The van der Waals surface area contributed by atoms with Crippen molar-refractivity contribution in [2.24, 2.45) is 22.6 Å². The average molecular weight is 631 g/mol. The third kappa shape index (κ3) is 12.4. The van der Waals surface area contributed by atoms with E-state index >= 15 is 0 Å². The van der Waals surface area contributed by atoms with E-state index in [0.717, 1.165) is 83.2 Å². The van der Waals surface area contributed by atoms with Gasteiger partial charge in [-0.25, -0.2) is 4.39 Å². The van der Waals surface area contributed by atoms with Gasteiger partial charge in [-0.3, -0.25) is 15.6 Å². The third-order valence-corrected chi connectivity index (χ3v) is 9.36. The lowest BCUT2D eigenvalue weighted by atomic mass is 9.88. The Labute approximate surface area is 264 Å². The first-order valence-electron chi connectivity index (χ1n) is 16.8. The first-order valence-corrected chi connectivity index (χ1v) is 17.3. The number of halogens is 2. The Morgan fingerprint density at radius 3 is 2.67 bits per heavy atom. The SMILES string of the molecule is CCCC(CC(Cl)CF)NC1=C2CC(N=CN1)[C@@H](C)CO[C@H]1C[C@@H](NCCCN(CCC)[C@@H](N)O)CCC1OC[C@@H](C)C2. The minimum Gasteiger partial charge on any atom is -0.375 e. The van der Waals surface area contributed by atoms with Crippen molar-refractivity contribution in [2.45, 2.75) is 134 Å². The molecule has 6 N–H and O–H groups in total. The maximum absolute atomic E-state index is 13.2. The van der Waals surface area contributed by atoms with E-state index in [1.165, 1.54) is 5.57 Å². The van der Waals surface area contributed by atoms with Crippen LogP contribution in [0.1, 0.15) is 91.9 Å². The molecule has 9 nitrogen and oxygen atoms in total. The molecule has 0 amide bonds. The van der Waals surface area contributed by atoms with Crippen molar-refractivity contribution in [1.29, 1.82) is 0 Å². The van der Waals surface area contributed by atoms with Crippen molar-refractivity contribution in [3.8, 4) is 0 Å². The van der Waals surface area contributed by atoms with Gasteiger partial charge in [0.2, 0.25) is 0 Å². The average Bonchev–Trinajstić information content (AvgIpc) is 3.18. The predicted octanol–water partition coefficient (Wildman–Crippen LogP) is 4.24. The first-order chi connectivity index (χ1) is 20.7. The number of aliphatic hydroxyl groups excluding tert-OH is 1. The summed E-state index contributed by atoms with van der Waals surface area (Å²) >= 11 is 6.22. The highest BCUT2D eigenvalue weighted by Crippen LogP contribution is 2.31. The van der Waals surface area contributed by atoms with E-state index in [9.17, 15) is 9.50 Å². The minimum absolute atomic E-state index is 0.0525. The topological polar surface area (TPSA) is 116 Å². The molecule has 4 unspecified atom stereocenters. The van der Waals surface area contributed by atoms with Crippen LogP contribution in [0.4, 0.5) is 4.39 Å². The second-order valence-corrected chi connectivity index (χ2v) is 13.7. The van der Waals surface area contributed by atoms with E-state index in [-0.39, 0.29) is 30.2 Å². The lowest BCUT2D eigenvalue weighted by Crippen LogP contribution is -2.47. The maximum atomic E-state index is 13.2. The standard InChI is InChI=1S/C32H60ClFN6O3/c1-5-8-27(16-25(33)18-34)39-31-24-14-22(3)19-42-29-10-9-26(36-11-7-13-40(12-6-2)32(35)41)17-30(29)43-20-23(4)28(15-24)37-21-38-31/h21-23,25-30,32,36,39,41H,5-20,35H2,1-4H3,(H,37,38)/t22-,23-,25?,26-,27?,28?,29?,30-,32+/m0/s1. The summed E-state index contributed by atoms with van der Waals surface area (Å²) in [4.78, 5) is 6.83. The number of nitrogens with two attached hydrogens (primary N) is 1. The number of aliphatic hydroxyl groups is 1. The summed E-state index contributed by atoms with van der Waals surface area (Å²) in [6.07, 6.45) is 10.2. The molecule has 2 aliphatic heterocycles. The number of alkyl halides is 2. The summed E-state index contributed by atoms with van der Waals surface area (Å²) in [5.74, 6) is 1.57. The van der Waals surface area contributed by atoms with Crippen LogP contribution < -0.4 is 21.7 Å². The number of hydrogen-bond acceptors (Lipinski definition) is 9. The number of fused-ring (bicyclic) bond motifs is 3. The summed E-state index contributed by atoms with van der Waals surface area (Å²) in [6, 6.07) is 0.603. The molecule has 2 fully saturated rings. The molecule has 9 atom stereocenters. The van der Waals surface area contributed by atoms with Crippen LogP contribution in [0.3, 0.4) is 0 Å². The molecule has 250 valence electrons. The molecule has 1 saturated heterocycles. The Balaban J connectivity index is 1.62. The fraction of sp³-hybridized carbons (Fsp3) is 0.906. The van der Waals surface area contributed by atoms with Gasteiger partial charge in [-0.15, -0.1) is 11.6 Å². The van der Waals surface area contributed by atoms with E-state index < -0.39 is 18.4 Å². The van der Waals surface area contributed by atoms with Crippen LogP contribution in [0.2, 0.25) is 0 Å². The quantitative estimate of drug-likeness (QED) is 0.104. The van der Waals surface area contributed by atoms with Crippen LogP contribution in [-0.4, -0.2) is 97.9 Å². The highest BCUT2D eigenvalue weighted by atomic mass is 35.5. The van der Waals surface area contributed by atoms with Gasteiger partial charge < -0.3 is 30.5 Å². The molecule has 0 aromatic heterocycles. The largest absolute Gasteiger partial charge is 0.375 e. The third-order valence-electron chi connectivity index (χ3n) is 9.07. The van der Waals surface area contributed by atoms with Crippen molar-refractivity contribution in [2.75, 3.05) is 39.5 Å². The number of nitrogens with zero attached hydrogens (tertiary/aromatic N) is 2. The molecule has 0 spiro atoms. The number of aliphatic imine (C=N–C) groups is 1. The summed E-state index contributed by atoms with van der Waals surface area (Å²) in [5, 5.41) is 20.1. The maximum Gasteiger partial charge on any atom is 0.160 e. The van der Waals surface area contributed by atoms with Gasteiger partial charge in [-0.05, 0) is 75.8 Å². The van der Waals surface area contributed by atoms with Crippen molar-refractivity contribution < 1.29 is 19.0 Å². The molecule has 1 saturated carbocycles. The molecule has 0 aromatic carbocycles. The predicted molar refractivity (Wildman–Crippen MR) is 174 cm³/mol. The fourth-order valence-electron chi connectivity index (χ4n) is 6.62. The van der Waals surface area contributed by atoms with E-state index in [0.29, 0.717) is 31.6 Å². The molecular weight excluding hydrogens is 571 g/mol. The summed E-state index contributed by atoms with van der Waals surface area (Å²) in [7, 11) is 0. The second kappa shape index (κ2) is 19.5. The Morgan fingerprint density at radius 1 is 1.16 bits per heavy atom. The van der Waals surface area contributed by atoms with Crippen LogP contribution in [0, 0.1) is 11.8 Å². The summed E-state index contributed by atoms with van der Waals surface area (Å²) in [5.41, 5.74) is 7.02. The van der Waals surface area contributed by atoms with Crippen molar-refractivity contribution in [3.05, 3.63) is 11.4 Å². The van der Waals surface area contributed by atoms with Gasteiger partial charge in [-0.1, -0.05) is 34.1 Å². The molecule has 11 heteroatoms. The van der Waals surface area contributed by atoms with Crippen LogP contribution >= 0.6 is 11.6 Å². The number of rotatable bonds is 15. The number of nitrogens with one attached hydrogen (secondary N) is 3. The van der Waals surface area contributed by atoms with E-state index in [1.54, 1.807) is 0 Å². The van der Waals surface area contributed by atoms with Crippen LogP contribution in [0.25, 0.3) is 0 Å². The van der Waals surface area contributed by atoms with Gasteiger partial charge in [0.15, 0.2) is 6.35 Å². The fourth-order valence-corrected chi connectivity index (χ4v) is 6.83. The number of ether oxygens (including phenoxy) is 2. The minimum atomic E-state index is -0.895. The highest BCUT2D eigenvalue weighted by Gasteiger charge is 2.34. The lowest BCUT2D eigenvalue weighted by molar-refractivity contribution is -0.111. The molecule has 0 radical (unpaired) electrons. The molecule has 43 heavy (non-hydrogen) atoms. The Hall–Kier alpha value is -1.01. The second-order valence-electron chi connectivity index (χ2n) is 13.1. The zero-order valence-corrected chi connectivity index (χ0v) is 27.8. The van der Waals surface area contributed by atoms with Gasteiger partial charge in [0, 0.05) is 37.7 Å². The molecule has 3 aliphatic rings. The molecule has 2 heterocycles. The summed E-state index contributed by atoms with van der Waals surface area (Å²) in [6.45, 7) is 12.0. The van der Waals surface area contributed by atoms with Crippen molar-refractivity contribution in [3.63, 3.8) is 0 Å². The van der Waals surface area contributed by atoms with Crippen LogP contribution in [0.5, 0.6) is 0 Å². The van der Waals surface area contributed by atoms with E-state index in [1.807, 2.05) is 11.2 Å². The van der Waals surface area contributed by atoms with E-state index in [2.05, 4.69) is 43.6 Å². The molecule has 3 rings (SSSR count). The Morgan fingerprint density at radius 2 is 1.95 bits per heavy atom. The van der Waals surface area contributed by atoms with Crippen molar-refractivity contribution >= 4 is 17.9 Å². The zero-order valence-electron chi connectivity index (χ0n) is 27.1.